The zero-order chi connectivity index (χ0) is 21.1. The van der Waals surface area contributed by atoms with Crippen molar-refractivity contribution in [3.63, 3.8) is 0 Å². The number of aliphatic hydroxyl groups is 1. The fraction of sp³-hybridized carbons (Fsp3) is 0.381. The molecular formula is C21H24ClN5O3. The number of nitrogens with one attached hydrogen (secondary N) is 2. The molecule has 3 amide bonds. The van der Waals surface area contributed by atoms with Crippen LogP contribution in [0.4, 0.5) is 21.9 Å². The standard InChI is InChI=1S/C21H24ClN5O3/c22-19-8-3-14(12-23-19)24-21(30)25-18-2-1-10-27(20(18)29)16-6-4-15(5-7-16)26-11-9-17(28)13-26/h3-8,12,17-18,28H,1-2,9-11,13H2,(H2,24,25,30). The number of carbonyl (C=O) groups is 2. The zero-order valence-electron chi connectivity index (χ0n) is 16.4. The SMILES string of the molecule is O=C(Nc1ccc(Cl)nc1)NC1CCCN(c2ccc(N3CCC(O)C3)cc2)C1=O. The van der Waals surface area contributed by atoms with E-state index in [4.69, 9.17) is 11.6 Å². The molecule has 2 saturated heterocycles. The van der Waals surface area contributed by atoms with Crippen molar-refractivity contribution < 1.29 is 14.7 Å². The summed E-state index contributed by atoms with van der Waals surface area (Å²) in [6.07, 6.45) is 3.33. The molecule has 0 spiro atoms. The Morgan fingerprint density at radius 1 is 1.10 bits per heavy atom. The number of amides is 3. The molecule has 2 aliphatic heterocycles. The summed E-state index contributed by atoms with van der Waals surface area (Å²) < 4.78 is 0. The Balaban J connectivity index is 1.37. The monoisotopic (exact) mass is 429 g/mol. The Kier molecular flexibility index (Phi) is 6.06. The fourth-order valence-electron chi connectivity index (χ4n) is 3.86. The number of pyridine rings is 1. The molecule has 1 aromatic heterocycles. The van der Waals surface area contributed by atoms with Crippen molar-refractivity contribution in [2.24, 2.45) is 0 Å². The number of urea groups is 1. The van der Waals surface area contributed by atoms with Gasteiger partial charge in [-0.2, -0.15) is 0 Å². The fourth-order valence-corrected chi connectivity index (χ4v) is 3.97. The van der Waals surface area contributed by atoms with Gasteiger partial charge in [-0.25, -0.2) is 9.78 Å². The molecule has 2 aromatic rings. The van der Waals surface area contributed by atoms with Crippen LogP contribution in [0.25, 0.3) is 0 Å². The molecule has 2 atom stereocenters. The van der Waals surface area contributed by atoms with Gasteiger partial charge in [0.15, 0.2) is 0 Å². The van der Waals surface area contributed by atoms with E-state index < -0.39 is 12.1 Å². The summed E-state index contributed by atoms with van der Waals surface area (Å²) in [5.41, 5.74) is 2.34. The van der Waals surface area contributed by atoms with Crippen molar-refractivity contribution in [1.29, 1.82) is 0 Å². The Labute approximate surface area is 179 Å². The number of aromatic nitrogens is 1. The van der Waals surface area contributed by atoms with Crippen LogP contribution in [0.5, 0.6) is 0 Å². The highest BCUT2D eigenvalue weighted by molar-refractivity contribution is 6.29. The van der Waals surface area contributed by atoms with Crippen molar-refractivity contribution in [3.8, 4) is 0 Å². The number of β-amino-alcohol motifs (C(OH)–C–C–N with tert-alkyl or cyclic N) is 1. The first kappa shape index (κ1) is 20.4. The summed E-state index contributed by atoms with van der Waals surface area (Å²) in [6, 6.07) is 9.95. The van der Waals surface area contributed by atoms with Gasteiger partial charge in [-0.3, -0.25) is 4.79 Å². The second kappa shape index (κ2) is 8.89. The number of anilines is 3. The third kappa shape index (κ3) is 4.66. The molecule has 4 rings (SSSR count). The molecule has 2 unspecified atom stereocenters. The van der Waals surface area contributed by atoms with Crippen LogP contribution < -0.4 is 20.4 Å². The van der Waals surface area contributed by atoms with Gasteiger partial charge in [0.2, 0.25) is 5.91 Å². The normalized spacial score (nSPS) is 21.6. The number of aliphatic hydroxyl groups excluding tert-OH is 1. The predicted molar refractivity (Wildman–Crippen MR) is 116 cm³/mol. The minimum absolute atomic E-state index is 0.130. The molecule has 2 aliphatic rings. The minimum atomic E-state index is -0.590. The van der Waals surface area contributed by atoms with Crippen LogP contribution in [0, 0.1) is 0 Å². The van der Waals surface area contributed by atoms with Crippen LogP contribution in [0.2, 0.25) is 5.15 Å². The molecular weight excluding hydrogens is 406 g/mol. The Morgan fingerprint density at radius 2 is 1.87 bits per heavy atom. The molecule has 8 nitrogen and oxygen atoms in total. The maximum Gasteiger partial charge on any atom is 0.319 e. The van der Waals surface area contributed by atoms with E-state index in [1.807, 2.05) is 24.3 Å². The largest absolute Gasteiger partial charge is 0.391 e. The van der Waals surface area contributed by atoms with Crippen LogP contribution >= 0.6 is 11.6 Å². The second-order valence-electron chi connectivity index (χ2n) is 7.56. The molecule has 2 fully saturated rings. The summed E-state index contributed by atoms with van der Waals surface area (Å²) in [6.45, 7) is 2.07. The molecule has 0 saturated carbocycles. The number of carbonyl (C=O) groups excluding carboxylic acids is 2. The van der Waals surface area contributed by atoms with Crippen molar-refractivity contribution in [2.75, 3.05) is 34.8 Å². The average molecular weight is 430 g/mol. The Morgan fingerprint density at radius 3 is 2.53 bits per heavy atom. The summed E-state index contributed by atoms with van der Waals surface area (Å²) in [4.78, 5) is 33.0. The minimum Gasteiger partial charge on any atom is -0.391 e. The van der Waals surface area contributed by atoms with Crippen molar-refractivity contribution in [2.45, 2.75) is 31.4 Å². The van der Waals surface area contributed by atoms with E-state index in [1.165, 1.54) is 6.20 Å². The van der Waals surface area contributed by atoms with Gasteiger partial charge in [0.25, 0.3) is 0 Å². The van der Waals surface area contributed by atoms with Crippen LogP contribution in [0.15, 0.2) is 42.6 Å². The number of rotatable bonds is 4. The number of halogens is 1. The first-order valence-corrected chi connectivity index (χ1v) is 10.4. The van der Waals surface area contributed by atoms with Gasteiger partial charge >= 0.3 is 6.03 Å². The summed E-state index contributed by atoms with van der Waals surface area (Å²) in [5, 5.41) is 15.5. The summed E-state index contributed by atoms with van der Waals surface area (Å²) >= 11 is 5.75. The lowest BCUT2D eigenvalue weighted by atomic mass is 10.0. The molecule has 0 radical (unpaired) electrons. The van der Waals surface area contributed by atoms with Crippen molar-refractivity contribution in [3.05, 3.63) is 47.7 Å². The van der Waals surface area contributed by atoms with E-state index in [0.29, 0.717) is 30.4 Å². The summed E-state index contributed by atoms with van der Waals surface area (Å²) in [5.74, 6) is -0.130. The zero-order valence-corrected chi connectivity index (χ0v) is 17.2. The Hall–Kier alpha value is -2.84. The summed E-state index contributed by atoms with van der Waals surface area (Å²) in [7, 11) is 0. The molecule has 1 aromatic carbocycles. The van der Waals surface area contributed by atoms with E-state index >= 15 is 0 Å². The number of piperidine rings is 1. The van der Waals surface area contributed by atoms with E-state index in [9.17, 15) is 14.7 Å². The van der Waals surface area contributed by atoms with E-state index in [-0.39, 0.29) is 12.0 Å². The highest BCUT2D eigenvalue weighted by Gasteiger charge is 2.31. The lowest BCUT2D eigenvalue weighted by Gasteiger charge is -2.33. The lowest BCUT2D eigenvalue weighted by Crippen LogP contribution is -2.53. The van der Waals surface area contributed by atoms with Crippen LogP contribution in [0.1, 0.15) is 19.3 Å². The third-order valence-corrected chi connectivity index (χ3v) is 5.64. The maximum absolute atomic E-state index is 13.0. The number of hydrogen-bond donors (Lipinski definition) is 3. The lowest BCUT2D eigenvalue weighted by molar-refractivity contribution is -0.121. The number of hydrogen-bond acceptors (Lipinski definition) is 5. The quantitative estimate of drug-likeness (QED) is 0.649. The molecule has 3 N–H and O–H groups in total. The average Bonchev–Trinajstić information content (AvgIpc) is 3.18. The molecule has 3 heterocycles. The molecule has 0 bridgehead atoms. The maximum atomic E-state index is 13.0. The smallest absolute Gasteiger partial charge is 0.319 e. The van der Waals surface area contributed by atoms with Crippen LogP contribution in [-0.4, -0.2) is 53.8 Å². The van der Waals surface area contributed by atoms with Crippen LogP contribution in [0.3, 0.4) is 0 Å². The first-order chi connectivity index (χ1) is 14.5. The van der Waals surface area contributed by atoms with Gasteiger partial charge in [-0.1, -0.05) is 11.6 Å². The van der Waals surface area contributed by atoms with E-state index in [0.717, 1.165) is 30.8 Å². The van der Waals surface area contributed by atoms with Crippen molar-refractivity contribution >= 4 is 40.6 Å². The van der Waals surface area contributed by atoms with Gasteiger partial charge in [-0.05, 0) is 55.7 Å². The second-order valence-corrected chi connectivity index (χ2v) is 7.94. The number of benzene rings is 1. The van der Waals surface area contributed by atoms with Gasteiger partial charge < -0.3 is 25.5 Å². The highest BCUT2D eigenvalue weighted by Crippen LogP contribution is 2.26. The first-order valence-electron chi connectivity index (χ1n) is 10.0. The van der Waals surface area contributed by atoms with E-state index in [2.05, 4.69) is 20.5 Å². The molecule has 9 heteroatoms. The van der Waals surface area contributed by atoms with Gasteiger partial charge in [-0.15, -0.1) is 0 Å². The Bertz CT molecular complexity index is 906. The van der Waals surface area contributed by atoms with Gasteiger partial charge in [0.05, 0.1) is 18.0 Å². The van der Waals surface area contributed by atoms with Gasteiger partial charge in [0, 0.05) is 31.0 Å². The molecule has 158 valence electrons. The highest BCUT2D eigenvalue weighted by atomic mass is 35.5. The topological polar surface area (TPSA) is 97.8 Å². The number of nitrogens with zero attached hydrogens (tertiary/aromatic N) is 3. The third-order valence-electron chi connectivity index (χ3n) is 5.42. The molecule has 30 heavy (non-hydrogen) atoms. The van der Waals surface area contributed by atoms with E-state index in [1.54, 1.807) is 17.0 Å². The van der Waals surface area contributed by atoms with Gasteiger partial charge in [0.1, 0.15) is 11.2 Å². The predicted octanol–water partition coefficient (Wildman–Crippen LogP) is 2.62. The van der Waals surface area contributed by atoms with Crippen molar-refractivity contribution in [1.82, 2.24) is 10.3 Å². The molecule has 0 aliphatic carbocycles. The van der Waals surface area contributed by atoms with Crippen LogP contribution in [-0.2, 0) is 4.79 Å².